The van der Waals surface area contributed by atoms with Gasteiger partial charge in [-0.05, 0) is 50.8 Å². The number of aliphatic hydroxyl groups is 1. The van der Waals surface area contributed by atoms with Gasteiger partial charge < -0.3 is 10.2 Å². The first-order valence-corrected chi connectivity index (χ1v) is 6.92. The van der Waals surface area contributed by atoms with Gasteiger partial charge in [-0.25, -0.2) is 0 Å². The van der Waals surface area contributed by atoms with Gasteiger partial charge in [0.1, 0.15) is 5.75 Å². The maximum atomic E-state index is 12.5. The number of carbonyl (C=O) groups is 1. The van der Waals surface area contributed by atoms with Gasteiger partial charge in [0.05, 0.1) is 11.5 Å². The lowest BCUT2D eigenvalue weighted by Crippen LogP contribution is -2.23. The molecule has 0 amide bonds. The number of aliphatic hydroxyl groups excluding tert-OH is 1. The van der Waals surface area contributed by atoms with Crippen molar-refractivity contribution in [3.8, 4) is 5.75 Å². The van der Waals surface area contributed by atoms with Crippen LogP contribution in [0.4, 0.5) is 0 Å². The number of aromatic hydroxyl groups is 1. The molecule has 1 atom stereocenters. The Morgan fingerprint density at radius 1 is 1.26 bits per heavy atom. The highest BCUT2D eigenvalue weighted by Crippen LogP contribution is 2.51. The third kappa shape index (κ3) is 1.79. The van der Waals surface area contributed by atoms with Gasteiger partial charge in [-0.1, -0.05) is 0 Å². The summed E-state index contributed by atoms with van der Waals surface area (Å²) in [7, 11) is 0. The number of ketones is 1. The Balaban J connectivity index is 2.80. The second-order valence-corrected chi connectivity index (χ2v) is 6.14. The van der Waals surface area contributed by atoms with E-state index in [9.17, 15) is 15.0 Å². The Labute approximate surface area is 118 Å². The standard InChI is InChI=1S/C15H19ClO3/c1-7-9(5-6-16)8(2)12(17)11-10(7)13(18)15(3,4)14(11)19/h14,17,19H,5-6H2,1-4H3. The molecule has 0 aromatic heterocycles. The van der Waals surface area contributed by atoms with Crippen molar-refractivity contribution >= 4 is 17.4 Å². The summed E-state index contributed by atoms with van der Waals surface area (Å²) in [6.07, 6.45) is -0.360. The van der Waals surface area contributed by atoms with Crippen molar-refractivity contribution in [1.29, 1.82) is 0 Å². The number of hydrogen-bond acceptors (Lipinski definition) is 3. The van der Waals surface area contributed by atoms with Gasteiger partial charge in [0.2, 0.25) is 0 Å². The summed E-state index contributed by atoms with van der Waals surface area (Å²) in [6, 6.07) is 0. The van der Waals surface area contributed by atoms with E-state index in [2.05, 4.69) is 0 Å². The summed E-state index contributed by atoms with van der Waals surface area (Å²) >= 11 is 5.79. The Kier molecular flexibility index (Phi) is 3.40. The zero-order valence-corrected chi connectivity index (χ0v) is 12.4. The Hall–Kier alpha value is -1.06. The van der Waals surface area contributed by atoms with Crippen molar-refractivity contribution in [3.05, 3.63) is 27.8 Å². The lowest BCUT2D eigenvalue weighted by Gasteiger charge is -2.21. The fourth-order valence-electron chi connectivity index (χ4n) is 2.93. The second kappa shape index (κ2) is 4.50. The summed E-state index contributed by atoms with van der Waals surface area (Å²) in [4.78, 5) is 12.5. The molecule has 0 fully saturated rings. The van der Waals surface area contributed by atoms with Crippen LogP contribution in [0.15, 0.2) is 0 Å². The van der Waals surface area contributed by atoms with Gasteiger partial charge in [-0.15, -0.1) is 11.6 Å². The minimum atomic E-state index is -0.961. The van der Waals surface area contributed by atoms with E-state index in [-0.39, 0.29) is 11.5 Å². The third-order valence-corrected chi connectivity index (χ3v) is 4.46. The lowest BCUT2D eigenvalue weighted by atomic mass is 9.86. The van der Waals surface area contributed by atoms with Crippen LogP contribution in [0.1, 0.15) is 52.6 Å². The number of Topliss-reactive ketones (excluding diaryl/α,β-unsaturated/α-hetero) is 1. The Bertz CT molecular complexity index is 561. The van der Waals surface area contributed by atoms with Crippen LogP contribution >= 0.6 is 11.6 Å². The number of alkyl halides is 1. The topological polar surface area (TPSA) is 57.5 Å². The molecule has 0 radical (unpaired) electrons. The summed E-state index contributed by atoms with van der Waals surface area (Å²) < 4.78 is 0. The van der Waals surface area contributed by atoms with Crippen molar-refractivity contribution < 1.29 is 15.0 Å². The molecule has 0 bridgehead atoms. The highest BCUT2D eigenvalue weighted by atomic mass is 35.5. The SMILES string of the molecule is Cc1c(O)c2c(c(C)c1CCCl)C(=O)C(C)(C)C2O. The van der Waals surface area contributed by atoms with Crippen LogP contribution in [0, 0.1) is 19.3 Å². The first-order chi connectivity index (χ1) is 8.75. The molecule has 1 aromatic rings. The zero-order chi connectivity index (χ0) is 14.5. The van der Waals surface area contributed by atoms with E-state index in [4.69, 9.17) is 11.6 Å². The van der Waals surface area contributed by atoms with Crippen molar-refractivity contribution in [2.75, 3.05) is 5.88 Å². The first-order valence-electron chi connectivity index (χ1n) is 6.38. The molecule has 104 valence electrons. The van der Waals surface area contributed by atoms with Crippen molar-refractivity contribution in [1.82, 2.24) is 0 Å². The predicted molar refractivity (Wildman–Crippen MR) is 75.1 cm³/mol. The van der Waals surface area contributed by atoms with Crippen molar-refractivity contribution in [3.63, 3.8) is 0 Å². The van der Waals surface area contributed by atoms with Crippen LogP contribution in [-0.2, 0) is 6.42 Å². The smallest absolute Gasteiger partial charge is 0.172 e. The zero-order valence-electron chi connectivity index (χ0n) is 11.7. The molecule has 4 heteroatoms. The average molecular weight is 283 g/mol. The van der Waals surface area contributed by atoms with Gasteiger partial charge in [0, 0.05) is 17.0 Å². The molecule has 0 saturated heterocycles. The maximum Gasteiger partial charge on any atom is 0.172 e. The Morgan fingerprint density at radius 3 is 2.37 bits per heavy atom. The van der Waals surface area contributed by atoms with E-state index < -0.39 is 11.5 Å². The number of fused-ring (bicyclic) bond motifs is 1. The van der Waals surface area contributed by atoms with E-state index in [1.165, 1.54) is 0 Å². The number of carbonyl (C=O) groups excluding carboxylic acids is 1. The van der Waals surface area contributed by atoms with Gasteiger partial charge in [0.25, 0.3) is 0 Å². The highest BCUT2D eigenvalue weighted by molar-refractivity contribution is 6.18. The molecule has 2 N–H and O–H groups in total. The minimum absolute atomic E-state index is 0.0344. The van der Waals surface area contributed by atoms with Crippen molar-refractivity contribution in [2.45, 2.75) is 40.2 Å². The van der Waals surface area contributed by atoms with Crippen molar-refractivity contribution in [2.24, 2.45) is 5.41 Å². The number of rotatable bonds is 2. The molecule has 3 nitrogen and oxygen atoms in total. The van der Waals surface area contributed by atoms with Gasteiger partial charge in [-0.3, -0.25) is 4.79 Å². The van der Waals surface area contributed by atoms with Crippen LogP contribution in [0.3, 0.4) is 0 Å². The molecule has 2 rings (SSSR count). The molecular weight excluding hydrogens is 264 g/mol. The summed E-state index contributed by atoms with van der Waals surface area (Å²) in [5, 5.41) is 20.6. The van der Waals surface area contributed by atoms with Crippen LogP contribution in [-0.4, -0.2) is 21.9 Å². The van der Waals surface area contributed by atoms with Crippen LogP contribution in [0.25, 0.3) is 0 Å². The minimum Gasteiger partial charge on any atom is -0.507 e. The molecule has 1 aromatic carbocycles. The van der Waals surface area contributed by atoms with E-state index in [1.807, 2.05) is 6.92 Å². The van der Waals surface area contributed by atoms with Crippen LogP contribution in [0.2, 0.25) is 0 Å². The quantitative estimate of drug-likeness (QED) is 0.820. The number of hydrogen-bond donors (Lipinski definition) is 2. The largest absolute Gasteiger partial charge is 0.507 e. The monoisotopic (exact) mass is 282 g/mol. The maximum absolute atomic E-state index is 12.5. The molecular formula is C15H19ClO3. The fraction of sp³-hybridized carbons (Fsp3) is 0.533. The van der Waals surface area contributed by atoms with Gasteiger partial charge in [0.15, 0.2) is 5.78 Å². The molecule has 0 aliphatic heterocycles. The number of phenols is 1. The predicted octanol–water partition coefficient (Wildman–Crippen LogP) is 3.05. The molecule has 0 spiro atoms. The molecule has 1 aliphatic carbocycles. The average Bonchev–Trinajstić information content (AvgIpc) is 2.53. The normalized spacial score (nSPS) is 20.7. The number of benzene rings is 1. The fourth-order valence-corrected chi connectivity index (χ4v) is 3.12. The van der Waals surface area contributed by atoms with E-state index in [1.54, 1.807) is 20.8 Å². The summed E-state index contributed by atoms with van der Waals surface area (Å²) in [5.74, 6) is 0.353. The third-order valence-electron chi connectivity index (χ3n) is 4.27. The second-order valence-electron chi connectivity index (χ2n) is 5.76. The van der Waals surface area contributed by atoms with Crippen LogP contribution < -0.4 is 0 Å². The van der Waals surface area contributed by atoms with E-state index in [0.717, 1.165) is 11.1 Å². The molecule has 0 heterocycles. The van der Waals surface area contributed by atoms with Gasteiger partial charge >= 0.3 is 0 Å². The molecule has 0 saturated carbocycles. The van der Waals surface area contributed by atoms with E-state index in [0.29, 0.717) is 29.0 Å². The lowest BCUT2D eigenvalue weighted by molar-refractivity contribution is 0.0484. The summed E-state index contributed by atoms with van der Waals surface area (Å²) in [6.45, 7) is 7.07. The van der Waals surface area contributed by atoms with E-state index >= 15 is 0 Å². The van der Waals surface area contributed by atoms with Gasteiger partial charge in [-0.2, -0.15) is 0 Å². The van der Waals surface area contributed by atoms with Crippen LogP contribution in [0.5, 0.6) is 5.75 Å². The molecule has 1 aliphatic rings. The number of phenolic OH excluding ortho intramolecular Hbond substituents is 1. The first kappa shape index (κ1) is 14.4. The molecule has 19 heavy (non-hydrogen) atoms. The number of halogens is 1. The highest BCUT2D eigenvalue weighted by Gasteiger charge is 2.48. The summed E-state index contributed by atoms with van der Waals surface area (Å²) in [5.41, 5.74) is 2.41. The Morgan fingerprint density at radius 2 is 1.84 bits per heavy atom. The molecule has 1 unspecified atom stereocenters.